The number of benzene rings is 1. The molecule has 1 fully saturated rings. The first kappa shape index (κ1) is 22.1. The van der Waals surface area contributed by atoms with Crippen molar-refractivity contribution in [3.05, 3.63) is 24.3 Å². The summed E-state index contributed by atoms with van der Waals surface area (Å²) >= 11 is 0. The fourth-order valence-electron chi connectivity index (χ4n) is 2.87. The predicted molar refractivity (Wildman–Crippen MR) is 100 cm³/mol. The molecule has 1 aromatic carbocycles. The molecule has 0 radical (unpaired) electrons. The lowest BCUT2D eigenvalue weighted by molar-refractivity contribution is -0.157. The van der Waals surface area contributed by atoms with Crippen molar-refractivity contribution in [2.45, 2.75) is 36.8 Å². The van der Waals surface area contributed by atoms with Crippen LogP contribution in [0, 0.1) is 0 Å². The lowest BCUT2D eigenvalue weighted by Crippen LogP contribution is -2.44. The van der Waals surface area contributed by atoms with Gasteiger partial charge in [0.2, 0.25) is 10.0 Å². The maximum absolute atomic E-state index is 12.9. The molecule has 0 unspecified atom stereocenters. The smallest absolute Gasteiger partial charge is 0.325 e. The van der Waals surface area contributed by atoms with Crippen molar-refractivity contribution in [3.63, 3.8) is 0 Å². The molecule has 10 heteroatoms. The Labute approximate surface area is 165 Å². The number of nitrogens with one attached hydrogen (secondary N) is 1. The molecule has 2 rings (SSSR count). The molecule has 2 atom stereocenters. The quantitative estimate of drug-likeness (QED) is 0.464. The number of hydrogen-bond donors (Lipinski definition) is 1. The Morgan fingerprint density at radius 2 is 1.93 bits per heavy atom. The van der Waals surface area contributed by atoms with Gasteiger partial charge in [0.05, 0.1) is 18.6 Å². The van der Waals surface area contributed by atoms with E-state index >= 15 is 0 Å². The van der Waals surface area contributed by atoms with Crippen molar-refractivity contribution >= 4 is 21.9 Å². The lowest BCUT2D eigenvalue weighted by atomic mass is 10.2. The summed E-state index contributed by atoms with van der Waals surface area (Å²) in [6, 6.07) is 4.99. The van der Waals surface area contributed by atoms with E-state index in [2.05, 4.69) is 5.32 Å². The van der Waals surface area contributed by atoms with E-state index in [0.29, 0.717) is 31.7 Å². The summed E-state index contributed by atoms with van der Waals surface area (Å²) in [5, 5.41) is 2.57. The zero-order valence-corrected chi connectivity index (χ0v) is 17.0. The molecule has 0 bridgehead atoms. The average Bonchev–Trinajstić information content (AvgIpc) is 3.19. The first-order valence-corrected chi connectivity index (χ1v) is 10.4. The Morgan fingerprint density at radius 3 is 2.54 bits per heavy atom. The summed E-state index contributed by atoms with van der Waals surface area (Å²) in [7, 11) is -0.875. The Bertz CT molecular complexity index is 780. The van der Waals surface area contributed by atoms with Gasteiger partial charge >= 0.3 is 5.97 Å². The molecule has 0 aliphatic carbocycles. The number of hydrogen-bond acceptors (Lipinski definition) is 7. The molecular weight excluding hydrogens is 388 g/mol. The van der Waals surface area contributed by atoms with Crippen molar-refractivity contribution in [1.29, 1.82) is 0 Å². The maximum atomic E-state index is 12.9. The van der Waals surface area contributed by atoms with E-state index in [-0.39, 0.29) is 11.4 Å². The minimum absolute atomic E-state index is 0.0679. The Hall–Kier alpha value is -2.17. The molecule has 1 aliphatic rings. The summed E-state index contributed by atoms with van der Waals surface area (Å²) in [6.07, 6.45) is -0.161. The van der Waals surface area contributed by atoms with Gasteiger partial charge in [-0.05, 0) is 44.0 Å². The second kappa shape index (κ2) is 9.85. The van der Waals surface area contributed by atoms with Gasteiger partial charge in [0, 0.05) is 20.2 Å². The lowest BCUT2D eigenvalue weighted by Gasteiger charge is -2.24. The number of esters is 1. The van der Waals surface area contributed by atoms with Crippen LogP contribution in [0.3, 0.4) is 0 Å². The van der Waals surface area contributed by atoms with Crippen LogP contribution in [0.25, 0.3) is 0 Å². The highest BCUT2D eigenvalue weighted by Crippen LogP contribution is 2.28. The van der Waals surface area contributed by atoms with Crippen LogP contribution in [-0.4, -0.2) is 70.7 Å². The van der Waals surface area contributed by atoms with E-state index in [9.17, 15) is 18.0 Å². The second-order valence-electron chi connectivity index (χ2n) is 6.31. The molecule has 0 saturated carbocycles. The van der Waals surface area contributed by atoms with Crippen LogP contribution in [0.1, 0.15) is 19.8 Å². The number of carbonyl (C=O) groups excluding carboxylic acids is 2. The third-order valence-corrected chi connectivity index (χ3v) is 6.33. The SMILES string of the molecule is COCCNC(=O)[C@H](C)OC(=O)[C@@H]1CCCN1S(=O)(=O)c1ccc(OC)cc1. The summed E-state index contributed by atoms with van der Waals surface area (Å²) in [5.74, 6) is -0.665. The van der Waals surface area contributed by atoms with Crippen molar-refractivity contribution in [2.75, 3.05) is 33.9 Å². The van der Waals surface area contributed by atoms with E-state index in [4.69, 9.17) is 14.2 Å². The van der Waals surface area contributed by atoms with Crippen molar-refractivity contribution in [3.8, 4) is 5.75 Å². The van der Waals surface area contributed by atoms with Gasteiger partial charge in [0.1, 0.15) is 11.8 Å². The number of carbonyl (C=O) groups is 2. The second-order valence-corrected chi connectivity index (χ2v) is 8.20. The van der Waals surface area contributed by atoms with Gasteiger partial charge in [-0.2, -0.15) is 4.31 Å². The van der Waals surface area contributed by atoms with Gasteiger partial charge in [-0.1, -0.05) is 0 Å². The highest BCUT2D eigenvalue weighted by molar-refractivity contribution is 7.89. The molecule has 1 aromatic rings. The van der Waals surface area contributed by atoms with E-state index in [1.807, 2.05) is 0 Å². The Morgan fingerprint density at radius 1 is 1.25 bits per heavy atom. The van der Waals surface area contributed by atoms with Crippen LogP contribution in [0.4, 0.5) is 0 Å². The predicted octanol–water partition coefficient (Wildman–Crippen LogP) is 0.543. The topological polar surface area (TPSA) is 111 Å². The molecule has 1 heterocycles. The Kier molecular flexibility index (Phi) is 7.78. The van der Waals surface area contributed by atoms with Crippen LogP contribution < -0.4 is 10.1 Å². The van der Waals surface area contributed by atoms with Crippen LogP contribution in [0.2, 0.25) is 0 Å². The van der Waals surface area contributed by atoms with E-state index < -0.39 is 34.0 Å². The molecule has 9 nitrogen and oxygen atoms in total. The van der Waals surface area contributed by atoms with E-state index in [1.165, 1.54) is 33.3 Å². The molecule has 28 heavy (non-hydrogen) atoms. The van der Waals surface area contributed by atoms with E-state index in [0.717, 1.165) is 4.31 Å². The Balaban J connectivity index is 2.06. The highest BCUT2D eigenvalue weighted by atomic mass is 32.2. The molecule has 1 N–H and O–H groups in total. The van der Waals surface area contributed by atoms with Crippen LogP contribution in [-0.2, 0) is 29.1 Å². The molecular formula is C18H26N2O7S. The van der Waals surface area contributed by atoms with Crippen molar-refractivity contribution in [2.24, 2.45) is 0 Å². The summed E-state index contributed by atoms with van der Waals surface area (Å²) < 4.78 is 42.1. The first-order chi connectivity index (χ1) is 13.3. The molecule has 1 saturated heterocycles. The zero-order valence-electron chi connectivity index (χ0n) is 16.2. The zero-order chi connectivity index (χ0) is 20.7. The highest BCUT2D eigenvalue weighted by Gasteiger charge is 2.41. The van der Waals surface area contributed by atoms with Gasteiger partial charge in [-0.15, -0.1) is 0 Å². The van der Waals surface area contributed by atoms with Crippen molar-refractivity contribution < 1.29 is 32.2 Å². The maximum Gasteiger partial charge on any atom is 0.325 e. The minimum atomic E-state index is -3.87. The number of amides is 1. The molecule has 1 amide bonds. The molecule has 0 aromatic heterocycles. The van der Waals surface area contributed by atoms with E-state index in [1.54, 1.807) is 12.1 Å². The monoisotopic (exact) mass is 414 g/mol. The minimum Gasteiger partial charge on any atom is -0.497 e. The number of methoxy groups -OCH3 is 2. The summed E-state index contributed by atoms with van der Waals surface area (Å²) in [5.41, 5.74) is 0. The van der Waals surface area contributed by atoms with Gasteiger partial charge < -0.3 is 19.5 Å². The fourth-order valence-corrected chi connectivity index (χ4v) is 4.52. The van der Waals surface area contributed by atoms with Gasteiger partial charge in [0.25, 0.3) is 5.91 Å². The van der Waals surface area contributed by atoms with Crippen molar-refractivity contribution in [1.82, 2.24) is 9.62 Å². The number of sulfonamides is 1. The average molecular weight is 414 g/mol. The summed E-state index contributed by atoms with van der Waals surface area (Å²) in [6.45, 7) is 2.28. The molecule has 0 spiro atoms. The fraction of sp³-hybridized carbons (Fsp3) is 0.556. The van der Waals surface area contributed by atoms with Crippen LogP contribution >= 0.6 is 0 Å². The summed E-state index contributed by atoms with van der Waals surface area (Å²) in [4.78, 5) is 24.5. The number of ether oxygens (including phenoxy) is 3. The molecule has 156 valence electrons. The van der Waals surface area contributed by atoms with Crippen LogP contribution in [0.5, 0.6) is 5.75 Å². The third kappa shape index (κ3) is 5.21. The molecule has 1 aliphatic heterocycles. The number of nitrogens with zero attached hydrogens (tertiary/aromatic N) is 1. The van der Waals surface area contributed by atoms with Gasteiger partial charge in [-0.25, -0.2) is 8.42 Å². The first-order valence-electron chi connectivity index (χ1n) is 8.94. The third-order valence-electron chi connectivity index (χ3n) is 4.41. The number of rotatable bonds is 9. The normalized spacial score (nSPS) is 18.5. The van der Waals surface area contributed by atoms with Crippen LogP contribution in [0.15, 0.2) is 29.2 Å². The van der Waals surface area contributed by atoms with Gasteiger partial charge in [0.15, 0.2) is 6.10 Å². The van der Waals surface area contributed by atoms with Gasteiger partial charge in [-0.3, -0.25) is 9.59 Å². The standard InChI is InChI=1S/C18H26N2O7S/c1-13(17(21)19-10-12-25-2)27-18(22)16-5-4-11-20(16)28(23,24)15-8-6-14(26-3)7-9-15/h6-9,13,16H,4-5,10-12H2,1-3H3,(H,19,21)/t13-,16-/m0/s1. The largest absolute Gasteiger partial charge is 0.497 e.